The first-order chi connectivity index (χ1) is 8.10. The Morgan fingerprint density at radius 3 is 2.17 bits per heavy atom. The molecule has 0 aromatic heterocycles. The van der Waals surface area contributed by atoms with Crippen molar-refractivity contribution in [2.24, 2.45) is 5.92 Å². The predicted molar refractivity (Wildman–Crippen MR) is 73.7 cm³/mol. The van der Waals surface area contributed by atoms with Crippen LogP contribution in [0.1, 0.15) is 54.9 Å². The van der Waals surface area contributed by atoms with Crippen molar-refractivity contribution in [1.82, 2.24) is 5.32 Å². The lowest BCUT2D eigenvalue weighted by Crippen LogP contribution is -2.38. The topological polar surface area (TPSA) is 47.6 Å². The number of carbonyl (C=O) groups is 1. The molecule has 0 aromatic rings. The maximum atomic E-state index is 11.4. The highest BCUT2D eigenvalue weighted by atomic mass is 16.6. The van der Waals surface area contributed by atoms with Gasteiger partial charge in [-0.2, -0.15) is 0 Å². The molecule has 0 aliphatic rings. The van der Waals surface area contributed by atoms with Gasteiger partial charge in [0.15, 0.2) is 0 Å². The zero-order chi connectivity index (χ0) is 14.4. The second kappa shape index (κ2) is 6.98. The van der Waals surface area contributed by atoms with Gasteiger partial charge in [0.2, 0.25) is 0 Å². The van der Waals surface area contributed by atoms with Crippen molar-refractivity contribution in [3.8, 4) is 0 Å². The monoisotopic (exact) mass is 259 g/mol. The Hall–Kier alpha value is -0.770. The normalized spacial score (nSPS) is 15.3. The van der Waals surface area contributed by atoms with Gasteiger partial charge in [-0.3, -0.25) is 0 Å². The van der Waals surface area contributed by atoms with Crippen molar-refractivity contribution >= 4 is 6.09 Å². The van der Waals surface area contributed by atoms with Gasteiger partial charge in [0, 0.05) is 6.54 Å². The molecule has 0 bridgehead atoms. The van der Waals surface area contributed by atoms with Crippen LogP contribution in [0.15, 0.2) is 0 Å². The van der Waals surface area contributed by atoms with E-state index >= 15 is 0 Å². The number of alkyl carbamates (subject to hydrolysis) is 1. The van der Waals surface area contributed by atoms with Crippen LogP contribution in [0.3, 0.4) is 0 Å². The van der Waals surface area contributed by atoms with E-state index in [4.69, 9.17) is 9.47 Å². The Labute approximate surface area is 111 Å². The summed E-state index contributed by atoms with van der Waals surface area (Å²) in [4.78, 5) is 11.4. The largest absolute Gasteiger partial charge is 0.444 e. The zero-order valence-electron chi connectivity index (χ0n) is 12.9. The molecular weight excluding hydrogens is 230 g/mol. The molecule has 0 saturated heterocycles. The first-order valence-corrected chi connectivity index (χ1v) is 6.71. The number of nitrogens with one attached hydrogen (secondary N) is 1. The zero-order valence-corrected chi connectivity index (χ0v) is 12.9. The summed E-state index contributed by atoms with van der Waals surface area (Å²) < 4.78 is 11.0. The van der Waals surface area contributed by atoms with Gasteiger partial charge in [-0.25, -0.2) is 4.79 Å². The van der Waals surface area contributed by atoms with Crippen LogP contribution in [-0.4, -0.2) is 30.4 Å². The third-order valence-corrected chi connectivity index (χ3v) is 3.13. The van der Waals surface area contributed by atoms with Crippen molar-refractivity contribution < 1.29 is 14.3 Å². The van der Waals surface area contributed by atoms with E-state index in [0.717, 1.165) is 6.42 Å². The van der Waals surface area contributed by atoms with E-state index in [0.29, 0.717) is 19.1 Å². The highest BCUT2D eigenvalue weighted by molar-refractivity contribution is 5.67. The van der Waals surface area contributed by atoms with Gasteiger partial charge in [-0.05, 0) is 40.0 Å². The molecule has 0 rings (SSSR count). The molecule has 0 heterocycles. The lowest BCUT2D eigenvalue weighted by molar-refractivity contribution is -0.0655. The third kappa shape index (κ3) is 6.84. The van der Waals surface area contributed by atoms with Gasteiger partial charge in [-0.1, -0.05) is 20.8 Å². The molecule has 1 atom stereocenters. The molecule has 4 nitrogen and oxygen atoms in total. The minimum Gasteiger partial charge on any atom is -0.444 e. The number of hydrogen-bond donors (Lipinski definition) is 1. The van der Waals surface area contributed by atoms with Crippen molar-refractivity contribution in [2.75, 3.05) is 13.2 Å². The predicted octanol–water partition coefficient (Wildman–Crippen LogP) is 3.35. The second-order valence-corrected chi connectivity index (χ2v) is 6.10. The number of rotatable bonds is 6. The molecular formula is C14H29NO3. The number of carbonyl (C=O) groups excluding carboxylic acids is 1. The molecule has 0 fully saturated rings. The third-order valence-electron chi connectivity index (χ3n) is 3.13. The smallest absolute Gasteiger partial charge is 0.407 e. The minimum absolute atomic E-state index is 0.129. The summed E-state index contributed by atoms with van der Waals surface area (Å²) in [5, 5.41) is 2.69. The van der Waals surface area contributed by atoms with Gasteiger partial charge in [0.1, 0.15) is 5.60 Å². The lowest BCUT2D eigenvalue weighted by Gasteiger charge is -2.33. The molecule has 0 aliphatic carbocycles. The molecule has 1 N–H and O–H groups in total. The van der Waals surface area contributed by atoms with Crippen LogP contribution in [0.5, 0.6) is 0 Å². The summed E-state index contributed by atoms with van der Waals surface area (Å²) >= 11 is 0. The van der Waals surface area contributed by atoms with Crippen molar-refractivity contribution in [3.05, 3.63) is 0 Å². The van der Waals surface area contributed by atoms with Crippen LogP contribution in [0.4, 0.5) is 4.79 Å². The molecule has 0 radical (unpaired) electrons. The molecule has 0 aliphatic heterocycles. The van der Waals surface area contributed by atoms with E-state index < -0.39 is 11.7 Å². The fraction of sp³-hybridized carbons (Fsp3) is 0.929. The van der Waals surface area contributed by atoms with E-state index in [2.05, 4.69) is 33.0 Å². The summed E-state index contributed by atoms with van der Waals surface area (Å²) in [6.07, 6.45) is 0.561. The van der Waals surface area contributed by atoms with Gasteiger partial charge >= 0.3 is 6.09 Å². The summed E-state index contributed by atoms with van der Waals surface area (Å²) in [6.45, 7) is 15.0. The van der Waals surface area contributed by atoms with Crippen LogP contribution in [-0.2, 0) is 9.47 Å². The van der Waals surface area contributed by atoms with E-state index in [1.165, 1.54) is 0 Å². The Kier molecular flexibility index (Phi) is 6.68. The molecule has 4 heteroatoms. The fourth-order valence-corrected chi connectivity index (χ4v) is 1.43. The molecule has 0 saturated carbocycles. The van der Waals surface area contributed by atoms with E-state index in [9.17, 15) is 4.79 Å². The number of amides is 1. The standard InChI is InChI=1S/C14H29NO3/c1-8-14(7,11(2)3)17-10-9-15-12(16)18-13(4,5)6/h11H,8-10H2,1-7H3,(H,15,16). The van der Waals surface area contributed by atoms with E-state index in [1.54, 1.807) is 0 Å². The maximum Gasteiger partial charge on any atom is 0.407 e. The molecule has 108 valence electrons. The van der Waals surface area contributed by atoms with Crippen LogP contribution in [0, 0.1) is 5.92 Å². The first-order valence-electron chi connectivity index (χ1n) is 6.71. The van der Waals surface area contributed by atoms with Crippen LogP contribution < -0.4 is 5.32 Å². The quantitative estimate of drug-likeness (QED) is 0.744. The second-order valence-electron chi connectivity index (χ2n) is 6.10. The highest BCUT2D eigenvalue weighted by Crippen LogP contribution is 2.24. The van der Waals surface area contributed by atoms with Crippen LogP contribution in [0.2, 0.25) is 0 Å². The SMILES string of the molecule is CCC(C)(OCCNC(=O)OC(C)(C)C)C(C)C. The Morgan fingerprint density at radius 1 is 1.22 bits per heavy atom. The Bertz CT molecular complexity index is 258. The summed E-state index contributed by atoms with van der Waals surface area (Å²) in [5.41, 5.74) is -0.587. The van der Waals surface area contributed by atoms with Crippen molar-refractivity contribution in [1.29, 1.82) is 0 Å². The van der Waals surface area contributed by atoms with Crippen LogP contribution in [0.25, 0.3) is 0 Å². The minimum atomic E-state index is -0.458. The Morgan fingerprint density at radius 2 is 1.78 bits per heavy atom. The molecule has 1 unspecified atom stereocenters. The van der Waals surface area contributed by atoms with Crippen LogP contribution >= 0.6 is 0 Å². The van der Waals surface area contributed by atoms with E-state index in [-0.39, 0.29) is 5.60 Å². The number of hydrogen-bond acceptors (Lipinski definition) is 3. The lowest BCUT2D eigenvalue weighted by atomic mass is 9.90. The number of ether oxygens (including phenoxy) is 2. The highest BCUT2D eigenvalue weighted by Gasteiger charge is 2.26. The fourth-order valence-electron chi connectivity index (χ4n) is 1.43. The van der Waals surface area contributed by atoms with Crippen molar-refractivity contribution in [2.45, 2.75) is 66.1 Å². The molecule has 0 aromatic carbocycles. The average Bonchev–Trinajstić information content (AvgIpc) is 2.21. The van der Waals surface area contributed by atoms with Gasteiger partial charge < -0.3 is 14.8 Å². The molecule has 1 amide bonds. The molecule has 18 heavy (non-hydrogen) atoms. The van der Waals surface area contributed by atoms with Gasteiger partial charge in [0.05, 0.1) is 12.2 Å². The summed E-state index contributed by atoms with van der Waals surface area (Å²) in [7, 11) is 0. The maximum absolute atomic E-state index is 11.4. The Balaban J connectivity index is 3.90. The molecule has 0 spiro atoms. The average molecular weight is 259 g/mol. The summed E-state index contributed by atoms with van der Waals surface area (Å²) in [6, 6.07) is 0. The summed E-state index contributed by atoms with van der Waals surface area (Å²) in [5.74, 6) is 0.448. The first kappa shape index (κ1) is 17.2. The van der Waals surface area contributed by atoms with E-state index in [1.807, 2.05) is 20.8 Å². The van der Waals surface area contributed by atoms with Gasteiger partial charge in [0.25, 0.3) is 0 Å². The van der Waals surface area contributed by atoms with Crippen molar-refractivity contribution in [3.63, 3.8) is 0 Å². The van der Waals surface area contributed by atoms with Gasteiger partial charge in [-0.15, -0.1) is 0 Å².